The first kappa shape index (κ1) is 37.5. The van der Waals surface area contributed by atoms with Crippen LogP contribution in [0.5, 0.6) is 0 Å². The van der Waals surface area contributed by atoms with Gasteiger partial charge in [-0.2, -0.15) is 8.42 Å². The number of unbranched alkanes of at least 4 members (excludes halogenated alkanes) is 1. The van der Waals surface area contributed by atoms with Gasteiger partial charge in [-0.3, -0.25) is 4.55 Å². The van der Waals surface area contributed by atoms with Gasteiger partial charge in [-0.15, -0.1) is 0 Å². The SMILES string of the molecule is CC(C)C(CC[C@@H](C)C1CCC2C1CC[C@H]1C2[C@H](O)C[C@H]2CC(NCCCNCCCCNCCCN)CCC21C)S(=O)(=O)O. The maximum absolute atomic E-state index is 12.0. The second-order valence-corrected chi connectivity index (χ2v) is 18.0. The zero-order valence-electron chi connectivity index (χ0n) is 29.2. The quantitative estimate of drug-likeness (QED) is 0.0825. The van der Waals surface area contributed by atoms with E-state index in [0.29, 0.717) is 59.3 Å². The molecule has 264 valence electrons. The first-order valence-electron chi connectivity index (χ1n) is 19.0. The van der Waals surface area contributed by atoms with Crippen LogP contribution in [-0.4, -0.2) is 74.7 Å². The van der Waals surface area contributed by atoms with E-state index in [2.05, 4.69) is 29.8 Å². The van der Waals surface area contributed by atoms with Crippen LogP contribution in [0.15, 0.2) is 0 Å². The average Bonchev–Trinajstić information content (AvgIpc) is 3.42. The predicted molar refractivity (Wildman–Crippen MR) is 186 cm³/mol. The minimum atomic E-state index is -4.01. The molecule has 0 aromatic carbocycles. The van der Waals surface area contributed by atoms with Crippen LogP contribution in [0, 0.1) is 52.8 Å². The maximum atomic E-state index is 12.0. The molecular weight excluding hydrogens is 584 g/mol. The molecule has 4 saturated carbocycles. The molecule has 0 saturated heterocycles. The third-order valence-electron chi connectivity index (χ3n) is 13.3. The van der Waals surface area contributed by atoms with E-state index in [9.17, 15) is 18.1 Å². The molecule has 7 N–H and O–H groups in total. The highest BCUT2D eigenvalue weighted by molar-refractivity contribution is 7.86. The molecule has 9 heteroatoms. The number of hydrogen-bond acceptors (Lipinski definition) is 7. The summed E-state index contributed by atoms with van der Waals surface area (Å²) in [5, 5.41) is 22.0. The molecular formula is C36H70N4O4S. The molecule has 0 heterocycles. The summed E-state index contributed by atoms with van der Waals surface area (Å²) in [4.78, 5) is 0. The number of fused-ring (bicyclic) bond motifs is 5. The lowest BCUT2D eigenvalue weighted by Crippen LogP contribution is -2.57. The molecule has 11 atom stereocenters. The number of nitrogens with one attached hydrogen (secondary N) is 3. The van der Waals surface area contributed by atoms with Gasteiger partial charge < -0.3 is 26.8 Å². The number of hydrogen-bond donors (Lipinski definition) is 6. The van der Waals surface area contributed by atoms with Crippen molar-refractivity contribution in [3.05, 3.63) is 0 Å². The summed E-state index contributed by atoms with van der Waals surface area (Å²) in [7, 11) is -4.01. The van der Waals surface area contributed by atoms with Crippen LogP contribution in [0.1, 0.15) is 118 Å². The Bertz CT molecular complexity index is 982. The Kier molecular flexibility index (Phi) is 14.5. The molecule has 0 aromatic heterocycles. The highest BCUT2D eigenvalue weighted by Crippen LogP contribution is 2.64. The van der Waals surface area contributed by atoms with E-state index in [1.807, 2.05) is 13.8 Å². The zero-order valence-corrected chi connectivity index (χ0v) is 30.0. The Morgan fingerprint density at radius 2 is 1.51 bits per heavy atom. The van der Waals surface area contributed by atoms with Gasteiger partial charge in [0.25, 0.3) is 10.1 Å². The zero-order chi connectivity index (χ0) is 32.6. The lowest BCUT2D eigenvalue weighted by atomic mass is 9.46. The van der Waals surface area contributed by atoms with Gasteiger partial charge in [0, 0.05) is 6.04 Å². The van der Waals surface area contributed by atoms with Crippen molar-refractivity contribution in [2.45, 2.75) is 135 Å². The van der Waals surface area contributed by atoms with Crippen molar-refractivity contribution in [2.24, 2.45) is 58.5 Å². The molecule has 4 fully saturated rings. The van der Waals surface area contributed by atoms with E-state index in [-0.39, 0.29) is 12.0 Å². The lowest BCUT2D eigenvalue weighted by Gasteiger charge is -2.60. The van der Waals surface area contributed by atoms with Gasteiger partial charge in [0.15, 0.2) is 0 Å². The van der Waals surface area contributed by atoms with Crippen molar-refractivity contribution in [2.75, 3.05) is 39.3 Å². The second-order valence-electron chi connectivity index (χ2n) is 16.3. The van der Waals surface area contributed by atoms with Crippen LogP contribution in [-0.2, 0) is 10.1 Å². The average molecular weight is 655 g/mol. The molecule has 4 aliphatic rings. The van der Waals surface area contributed by atoms with Crippen molar-refractivity contribution in [3.8, 4) is 0 Å². The van der Waals surface area contributed by atoms with Crippen LogP contribution < -0.4 is 21.7 Å². The molecule has 0 aliphatic heterocycles. The minimum absolute atomic E-state index is 0.0766. The molecule has 0 radical (unpaired) electrons. The Hall–Kier alpha value is -0.290. The fourth-order valence-corrected chi connectivity index (χ4v) is 11.9. The molecule has 0 bridgehead atoms. The van der Waals surface area contributed by atoms with Crippen LogP contribution in [0.2, 0.25) is 0 Å². The van der Waals surface area contributed by atoms with Crippen molar-refractivity contribution >= 4 is 10.1 Å². The van der Waals surface area contributed by atoms with Gasteiger partial charge in [-0.1, -0.05) is 27.7 Å². The number of aliphatic hydroxyl groups excluding tert-OH is 1. The largest absolute Gasteiger partial charge is 0.393 e. The van der Waals surface area contributed by atoms with Crippen molar-refractivity contribution in [1.29, 1.82) is 0 Å². The summed E-state index contributed by atoms with van der Waals surface area (Å²) >= 11 is 0. The first-order valence-corrected chi connectivity index (χ1v) is 20.5. The van der Waals surface area contributed by atoms with Crippen LogP contribution in [0.3, 0.4) is 0 Å². The third-order valence-corrected chi connectivity index (χ3v) is 14.8. The van der Waals surface area contributed by atoms with Crippen molar-refractivity contribution < 1.29 is 18.1 Å². The predicted octanol–water partition coefficient (Wildman–Crippen LogP) is 5.21. The molecule has 0 aromatic rings. The first-order chi connectivity index (χ1) is 21.5. The molecule has 0 spiro atoms. The van der Waals surface area contributed by atoms with E-state index >= 15 is 0 Å². The third kappa shape index (κ3) is 9.66. The van der Waals surface area contributed by atoms with Crippen LogP contribution in [0.4, 0.5) is 0 Å². The van der Waals surface area contributed by atoms with E-state index in [0.717, 1.165) is 65.0 Å². The van der Waals surface area contributed by atoms with Gasteiger partial charge in [0.1, 0.15) is 0 Å². The smallest absolute Gasteiger partial charge is 0.268 e. The maximum Gasteiger partial charge on any atom is 0.268 e. The Labute approximate surface area is 276 Å². The van der Waals surface area contributed by atoms with Crippen molar-refractivity contribution in [1.82, 2.24) is 16.0 Å². The van der Waals surface area contributed by atoms with Crippen LogP contribution >= 0.6 is 0 Å². The molecule has 4 rings (SSSR count). The minimum Gasteiger partial charge on any atom is -0.393 e. The van der Waals surface area contributed by atoms with Crippen molar-refractivity contribution in [3.63, 3.8) is 0 Å². The van der Waals surface area contributed by atoms with Gasteiger partial charge >= 0.3 is 0 Å². The summed E-state index contributed by atoms with van der Waals surface area (Å²) in [5.74, 6) is 3.93. The summed E-state index contributed by atoms with van der Waals surface area (Å²) in [5.41, 5.74) is 5.88. The fourth-order valence-electron chi connectivity index (χ4n) is 10.8. The number of nitrogens with two attached hydrogens (primary N) is 1. The highest BCUT2D eigenvalue weighted by Gasteiger charge is 2.59. The van der Waals surface area contributed by atoms with E-state index in [4.69, 9.17) is 5.73 Å². The topological polar surface area (TPSA) is 137 Å². The van der Waals surface area contributed by atoms with E-state index in [1.165, 1.54) is 57.8 Å². The van der Waals surface area contributed by atoms with Gasteiger partial charge in [0.2, 0.25) is 0 Å². The second kappa shape index (κ2) is 17.4. The summed E-state index contributed by atoms with van der Waals surface area (Å²) in [6.45, 7) is 14.8. The molecule has 4 aliphatic carbocycles. The monoisotopic (exact) mass is 655 g/mol. The Balaban J connectivity index is 1.19. The van der Waals surface area contributed by atoms with Gasteiger partial charge in [-0.05, 0) is 182 Å². The van der Waals surface area contributed by atoms with E-state index < -0.39 is 15.4 Å². The normalized spacial score (nSPS) is 36.4. The number of rotatable bonds is 19. The van der Waals surface area contributed by atoms with E-state index in [1.54, 1.807) is 0 Å². The molecule has 45 heavy (non-hydrogen) atoms. The Morgan fingerprint density at radius 3 is 2.18 bits per heavy atom. The summed E-state index contributed by atoms with van der Waals surface area (Å²) in [6, 6.07) is 0.580. The van der Waals surface area contributed by atoms with Gasteiger partial charge in [-0.25, -0.2) is 0 Å². The Morgan fingerprint density at radius 1 is 0.844 bits per heavy atom. The summed E-state index contributed by atoms with van der Waals surface area (Å²) < 4.78 is 33.7. The standard InChI is InChI=1S/C36H70N4O4S/c1-25(2)34(45(42,43)44)14-9-26(3)29-10-11-31-30(29)12-13-32-35(31)33(41)24-27-23-28(15-16-36(27,32)4)40-22-8-21-39-19-6-5-18-38-20-7-17-37/h25-35,38-41H,5-24,37H2,1-4H3,(H,42,43,44)/t26-,27-,28?,29?,30?,31?,32+,33-,34?,35?,36?/m1/s1. The molecule has 7 unspecified atom stereocenters. The fraction of sp³-hybridized carbons (Fsp3) is 1.00. The van der Waals surface area contributed by atoms with Gasteiger partial charge in [0.05, 0.1) is 11.4 Å². The highest BCUT2D eigenvalue weighted by atomic mass is 32.2. The summed E-state index contributed by atoms with van der Waals surface area (Å²) in [6.07, 6.45) is 15.5. The number of aliphatic hydroxyl groups is 1. The molecule has 8 nitrogen and oxygen atoms in total. The lowest BCUT2D eigenvalue weighted by molar-refractivity contribution is -0.149. The molecule has 0 amide bonds. The van der Waals surface area contributed by atoms with Crippen LogP contribution in [0.25, 0.3) is 0 Å².